The second-order valence-corrected chi connectivity index (χ2v) is 6.81. The lowest BCUT2D eigenvalue weighted by Gasteiger charge is -2.28. The average Bonchev–Trinajstić information content (AvgIpc) is 3.17. The molecule has 2 N–H and O–H groups in total. The second kappa shape index (κ2) is 9.73. The molecule has 2 aromatic carbocycles. The van der Waals surface area contributed by atoms with E-state index in [9.17, 15) is 18.4 Å². The molecule has 0 radical (unpaired) electrons. The molecule has 154 valence electrons. The predicted molar refractivity (Wildman–Crippen MR) is 108 cm³/mol. The van der Waals surface area contributed by atoms with Crippen molar-refractivity contribution >= 4 is 11.8 Å². The van der Waals surface area contributed by atoms with Crippen molar-refractivity contribution in [3.8, 4) is 0 Å². The summed E-state index contributed by atoms with van der Waals surface area (Å²) in [6.45, 7) is -0.337. The number of hydrogen-bond acceptors (Lipinski definition) is 3. The molecule has 1 aromatic heterocycles. The Hall–Kier alpha value is -3.61. The number of carbonyl (C=O) groups excluding carboxylic acids is 2. The van der Waals surface area contributed by atoms with Crippen molar-refractivity contribution in [2.75, 3.05) is 6.54 Å². The molecule has 1 aliphatic rings. The summed E-state index contributed by atoms with van der Waals surface area (Å²) in [6, 6.07) is 16.6. The third kappa shape index (κ3) is 5.05. The van der Waals surface area contributed by atoms with Gasteiger partial charge in [-0.25, -0.2) is 8.78 Å². The van der Waals surface area contributed by atoms with E-state index in [0.29, 0.717) is 24.0 Å². The number of hydrogen-bond donors (Lipinski definition) is 1. The number of nitrogens with two attached hydrogens (primary N) is 1. The van der Waals surface area contributed by atoms with E-state index in [4.69, 9.17) is 5.73 Å². The van der Waals surface area contributed by atoms with Crippen LogP contribution in [-0.4, -0.2) is 28.2 Å². The topological polar surface area (TPSA) is 76.3 Å². The molecule has 5 nitrogen and oxygen atoms in total. The van der Waals surface area contributed by atoms with Crippen molar-refractivity contribution in [3.63, 3.8) is 0 Å². The number of nitrogens with zero attached hydrogens (tertiary/aromatic N) is 2. The van der Waals surface area contributed by atoms with E-state index < -0.39 is 29.5 Å². The fourth-order valence-corrected chi connectivity index (χ4v) is 3.48. The standard InChI is InChI=1S/C17H15F2N3O2.C6H6/c18-11-6-13-12(14(19)7-11)3-4-15(13)22(9-16(20)23)17(24)10-2-1-5-21-8-10;1-2-4-6-5-3-1/h1-2,5-8,15H,3-4,9H2,(H2,20,23);1-6H. The van der Waals surface area contributed by atoms with Crippen molar-refractivity contribution in [2.24, 2.45) is 5.73 Å². The van der Waals surface area contributed by atoms with Gasteiger partial charge in [-0.3, -0.25) is 14.6 Å². The lowest BCUT2D eigenvalue weighted by atomic mass is 10.0. The van der Waals surface area contributed by atoms with Crippen LogP contribution in [0.25, 0.3) is 0 Å². The number of aromatic nitrogens is 1. The van der Waals surface area contributed by atoms with Crippen molar-refractivity contribution in [1.29, 1.82) is 0 Å². The summed E-state index contributed by atoms with van der Waals surface area (Å²) in [5.74, 6) is -2.51. The van der Waals surface area contributed by atoms with Crippen molar-refractivity contribution in [2.45, 2.75) is 18.9 Å². The Morgan fingerprint density at radius 3 is 2.30 bits per heavy atom. The highest BCUT2D eigenvalue weighted by Gasteiger charge is 2.34. The van der Waals surface area contributed by atoms with E-state index >= 15 is 0 Å². The van der Waals surface area contributed by atoms with E-state index in [-0.39, 0.29) is 12.1 Å². The van der Waals surface area contributed by atoms with Crippen LogP contribution in [0.1, 0.15) is 33.9 Å². The van der Waals surface area contributed by atoms with Gasteiger partial charge < -0.3 is 10.6 Å². The smallest absolute Gasteiger partial charge is 0.256 e. The lowest BCUT2D eigenvalue weighted by Crippen LogP contribution is -2.40. The van der Waals surface area contributed by atoms with Crippen LogP contribution in [0.15, 0.2) is 73.1 Å². The number of carbonyl (C=O) groups is 2. The Bertz CT molecular complexity index is 987. The molecule has 30 heavy (non-hydrogen) atoms. The minimum atomic E-state index is -0.717. The number of amides is 2. The minimum Gasteiger partial charge on any atom is -0.368 e. The number of fused-ring (bicyclic) bond motifs is 1. The first-order valence-corrected chi connectivity index (χ1v) is 9.44. The molecule has 1 aliphatic carbocycles. The zero-order valence-electron chi connectivity index (χ0n) is 16.2. The van der Waals surface area contributed by atoms with Crippen LogP contribution in [0, 0.1) is 11.6 Å². The Kier molecular flexibility index (Phi) is 6.85. The Labute approximate surface area is 173 Å². The van der Waals surface area contributed by atoms with Crippen LogP contribution in [0.3, 0.4) is 0 Å². The number of benzene rings is 2. The van der Waals surface area contributed by atoms with Gasteiger partial charge in [0.25, 0.3) is 5.91 Å². The highest BCUT2D eigenvalue weighted by Crippen LogP contribution is 2.38. The molecule has 0 saturated heterocycles. The maximum atomic E-state index is 13.9. The van der Waals surface area contributed by atoms with Gasteiger partial charge in [-0.05, 0) is 42.2 Å². The zero-order valence-corrected chi connectivity index (χ0v) is 16.2. The first kappa shape index (κ1) is 21.1. The summed E-state index contributed by atoms with van der Waals surface area (Å²) >= 11 is 0. The van der Waals surface area contributed by atoms with Crippen LogP contribution < -0.4 is 5.73 Å². The van der Waals surface area contributed by atoms with Crippen LogP contribution in [0.2, 0.25) is 0 Å². The normalized spacial score (nSPS) is 14.3. The summed E-state index contributed by atoms with van der Waals surface area (Å²) in [4.78, 5) is 29.3. The van der Waals surface area contributed by atoms with Gasteiger partial charge in [0, 0.05) is 18.5 Å². The van der Waals surface area contributed by atoms with Gasteiger partial charge in [0.15, 0.2) is 0 Å². The van der Waals surface area contributed by atoms with Gasteiger partial charge in [-0.1, -0.05) is 36.4 Å². The largest absolute Gasteiger partial charge is 0.368 e. The highest BCUT2D eigenvalue weighted by atomic mass is 19.1. The van der Waals surface area contributed by atoms with E-state index in [0.717, 1.165) is 6.07 Å². The SMILES string of the molecule is NC(=O)CN(C(=O)c1cccnc1)C1CCc2c(F)cc(F)cc21.c1ccccc1. The van der Waals surface area contributed by atoms with Crippen LogP contribution in [-0.2, 0) is 11.2 Å². The van der Waals surface area contributed by atoms with Crippen LogP contribution in [0.4, 0.5) is 8.78 Å². The maximum Gasteiger partial charge on any atom is 0.256 e. The second-order valence-electron chi connectivity index (χ2n) is 6.81. The molecule has 1 atom stereocenters. The molecular weight excluding hydrogens is 388 g/mol. The third-order valence-corrected chi connectivity index (χ3v) is 4.76. The van der Waals surface area contributed by atoms with Crippen molar-refractivity contribution in [1.82, 2.24) is 9.88 Å². The quantitative estimate of drug-likeness (QED) is 0.715. The number of rotatable bonds is 4. The summed E-state index contributed by atoms with van der Waals surface area (Å²) in [7, 11) is 0. The molecule has 4 rings (SSSR count). The Balaban J connectivity index is 0.000000367. The molecule has 0 spiro atoms. The third-order valence-electron chi connectivity index (χ3n) is 4.76. The molecule has 0 bridgehead atoms. The maximum absolute atomic E-state index is 13.9. The van der Waals surface area contributed by atoms with Crippen LogP contribution >= 0.6 is 0 Å². The highest BCUT2D eigenvalue weighted by molar-refractivity contribution is 5.96. The summed E-state index contributed by atoms with van der Waals surface area (Å²) in [5.41, 5.74) is 6.29. The van der Waals surface area contributed by atoms with Crippen LogP contribution in [0.5, 0.6) is 0 Å². The monoisotopic (exact) mass is 409 g/mol. The predicted octanol–water partition coefficient (Wildman–Crippen LogP) is 3.66. The molecule has 2 amide bonds. The summed E-state index contributed by atoms with van der Waals surface area (Å²) < 4.78 is 27.5. The average molecular weight is 409 g/mol. The first-order chi connectivity index (χ1) is 14.5. The van der Waals surface area contributed by atoms with Gasteiger partial charge in [-0.15, -0.1) is 0 Å². The molecule has 3 aromatic rings. The molecular formula is C23H21F2N3O2. The van der Waals surface area contributed by atoms with Crippen molar-refractivity contribution < 1.29 is 18.4 Å². The molecule has 0 aliphatic heterocycles. The summed E-state index contributed by atoms with van der Waals surface area (Å²) in [6.07, 6.45) is 3.65. The van der Waals surface area contributed by atoms with Gasteiger partial charge in [-0.2, -0.15) is 0 Å². The molecule has 7 heteroatoms. The van der Waals surface area contributed by atoms with Gasteiger partial charge in [0.2, 0.25) is 5.91 Å². The minimum absolute atomic E-state index is 0.282. The fourth-order valence-electron chi connectivity index (χ4n) is 3.48. The van der Waals surface area contributed by atoms with Gasteiger partial charge in [0.1, 0.15) is 18.2 Å². The fraction of sp³-hybridized carbons (Fsp3) is 0.174. The van der Waals surface area contributed by atoms with E-state index in [2.05, 4.69) is 4.98 Å². The van der Waals surface area contributed by atoms with E-state index in [1.165, 1.54) is 23.4 Å². The summed E-state index contributed by atoms with van der Waals surface area (Å²) in [5, 5.41) is 0. The van der Waals surface area contributed by atoms with Crippen molar-refractivity contribution in [3.05, 3.63) is 101 Å². The number of primary amides is 1. The molecule has 1 heterocycles. The van der Waals surface area contributed by atoms with E-state index in [1.807, 2.05) is 36.4 Å². The molecule has 1 unspecified atom stereocenters. The number of pyridine rings is 1. The van der Waals surface area contributed by atoms with E-state index in [1.54, 1.807) is 12.1 Å². The molecule has 0 fully saturated rings. The molecule has 0 saturated carbocycles. The lowest BCUT2D eigenvalue weighted by molar-refractivity contribution is -0.119. The van der Waals surface area contributed by atoms with Gasteiger partial charge >= 0.3 is 0 Å². The zero-order chi connectivity index (χ0) is 21.5. The van der Waals surface area contributed by atoms with Gasteiger partial charge in [0.05, 0.1) is 11.6 Å². The Morgan fingerprint density at radius 1 is 1.07 bits per heavy atom. The first-order valence-electron chi connectivity index (χ1n) is 9.44. The number of halogens is 2. The Morgan fingerprint density at radius 2 is 1.73 bits per heavy atom.